The molecule has 2 rings (SSSR count). The second-order valence-electron chi connectivity index (χ2n) is 6.03. The zero-order chi connectivity index (χ0) is 16.8. The number of likely N-dealkylation sites (tertiary alicyclic amines) is 1. The summed E-state index contributed by atoms with van der Waals surface area (Å²) in [6.07, 6.45) is 1.99. The normalized spacial score (nSPS) is 16.7. The zero-order valence-electron chi connectivity index (χ0n) is 13.7. The highest BCUT2D eigenvalue weighted by molar-refractivity contribution is 5.78. The minimum Gasteiger partial charge on any atom is -0.496 e. The molecule has 1 atom stereocenters. The maximum absolute atomic E-state index is 12.3. The summed E-state index contributed by atoms with van der Waals surface area (Å²) in [4.78, 5) is 25.2. The molecule has 23 heavy (non-hydrogen) atoms. The largest absolute Gasteiger partial charge is 0.496 e. The van der Waals surface area contributed by atoms with Crippen molar-refractivity contribution in [3.8, 4) is 5.75 Å². The molecule has 0 aliphatic carbocycles. The molecule has 1 aromatic carbocycles. The molecular formula is C17H25N3O3. The van der Waals surface area contributed by atoms with E-state index >= 15 is 0 Å². The summed E-state index contributed by atoms with van der Waals surface area (Å²) in [6.45, 7) is 3.11. The minimum atomic E-state index is -0.269. The van der Waals surface area contributed by atoms with Gasteiger partial charge in [0.1, 0.15) is 5.75 Å². The maximum atomic E-state index is 12.3. The Balaban J connectivity index is 1.84. The first-order valence-corrected chi connectivity index (χ1v) is 7.98. The van der Waals surface area contributed by atoms with Gasteiger partial charge in [-0.2, -0.15) is 0 Å². The molecule has 1 aliphatic rings. The van der Waals surface area contributed by atoms with Gasteiger partial charge in [-0.15, -0.1) is 0 Å². The van der Waals surface area contributed by atoms with E-state index in [1.54, 1.807) is 12.0 Å². The lowest BCUT2D eigenvalue weighted by molar-refractivity contribution is -0.123. The van der Waals surface area contributed by atoms with E-state index < -0.39 is 0 Å². The fraction of sp³-hybridized carbons (Fsp3) is 0.529. The first-order valence-electron chi connectivity index (χ1n) is 7.98. The monoisotopic (exact) mass is 319 g/mol. The number of hydrogen-bond acceptors (Lipinski definition) is 3. The number of carbonyl (C=O) groups is 2. The van der Waals surface area contributed by atoms with Crippen LogP contribution in [0.4, 0.5) is 4.79 Å². The molecular weight excluding hydrogens is 294 g/mol. The summed E-state index contributed by atoms with van der Waals surface area (Å²) < 4.78 is 5.33. The van der Waals surface area contributed by atoms with Crippen molar-refractivity contribution in [1.82, 2.24) is 10.2 Å². The fourth-order valence-electron chi connectivity index (χ4n) is 2.92. The number of ether oxygens (including phenoxy) is 1. The molecule has 1 saturated heterocycles. The molecule has 1 aromatic rings. The van der Waals surface area contributed by atoms with Gasteiger partial charge in [-0.05, 0) is 37.8 Å². The second-order valence-corrected chi connectivity index (χ2v) is 6.03. The second kappa shape index (κ2) is 7.85. The van der Waals surface area contributed by atoms with E-state index in [0.29, 0.717) is 32.4 Å². The lowest BCUT2D eigenvalue weighted by Gasteiger charge is -2.31. The van der Waals surface area contributed by atoms with Crippen molar-refractivity contribution in [2.75, 3.05) is 20.2 Å². The van der Waals surface area contributed by atoms with Crippen LogP contribution in [0.5, 0.6) is 5.75 Å². The van der Waals surface area contributed by atoms with Crippen molar-refractivity contribution < 1.29 is 14.3 Å². The molecule has 1 heterocycles. The van der Waals surface area contributed by atoms with Gasteiger partial charge in [-0.1, -0.05) is 18.2 Å². The van der Waals surface area contributed by atoms with Crippen LogP contribution in [-0.4, -0.2) is 43.1 Å². The Labute approximate surface area is 137 Å². The summed E-state index contributed by atoms with van der Waals surface area (Å²) in [5.74, 6) is 0.454. The van der Waals surface area contributed by atoms with Crippen LogP contribution < -0.4 is 15.8 Å². The number of nitrogens with two attached hydrogens (primary N) is 1. The fourth-order valence-corrected chi connectivity index (χ4v) is 2.92. The highest BCUT2D eigenvalue weighted by Crippen LogP contribution is 2.19. The maximum Gasteiger partial charge on any atom is 0.317 e. The predicted octanol–water partition coefficient (Wildman–Crippen LogP) is 1.53. The Morgan fingerprint density at radius 2 is 2.00 bits per heavy atom. The van der Waals surface area contributed by atoms with E-state index in [9.17, 15) is 9.59 Å². The van der Waals surface area contributed by atoms with Crippen molar-refractivity contribution in [3.05, 3.63) is 29.8 Å². The predicted molar refractivity (Wildman–Crippen MR) is 88.2 cm³/mol. The van der Waals surface area contributed by atoms with Gasteiger partial charge in [0.2, 0.25) is 5.91 Å². The van der Waals surface area contributed by atoms with E-state index in [0.717, 1.165) is 11.3 Å². The number of urea groups is 1. The summed E-state index contributed by atoms with van der Waals surface area (Å²) in [5.41, 5.74) is 6.38. The van der Waals surface area contributed by atoms with Gasteiger partial charge < -0.3 is 20.7 Å². The number of hydrogen-bond donors (Lipinski definition) is 2. The molecule has 1 aliphatic heterocycles. The van der Waals surface area contributed by atoms with Crippen LogP contribution in [0.3, 0.4) is 0 Å². The lowest BCUT2D eigenvalue weighted by Crippen LogP contribution is -2.48. The molecule has 3 amide bonds. The SMILES string of the molecule is COc1ccccc1C[C@@H](C)NC(=O)N1CCC(C(N)=O)CC1. The van der Waals surface area contributed by atoms with Crippen LogP contribution in [0, 0.1) is 5.92 Å². The molecule has 6 heteroatoms. The number of piperidine rings is 1. The molecule has 0 saturated carbocycles. The number of rotatable bonds is 5. The van der Waals surface area contributed by atoms with Crippen molar-refractivity contribution >= 4 is 11.9 Å². The van der Waals surface area contributed by atoms with Crippen molar-refractivity contribution in [2.45, 2.75) is 32.2 Å². The molecule has 0 aromatic heterocycles. The van der Waals surface area contributed by atoms with E-state index in [1.165, 1.54) is 0 Å². The molecule has 0 bridgehead atoms. The topological polar surface area (TPSA) is 84.7 Å². The summed E-state index contributed by atoms with van der Waals surface area (Å²) in [6, 6.07) is 7.70. The van der Waals surface area contributed by atoms with Gasteiger partial charge in [0.15, 0.2) is 0 Å². The Morgan fingerprint density at radius 3 is 2.61 bits per heavy atom. The minimum absolute atomic E-state index is 0.00679. The van der Waals surface area contributed by atoms with Gasteiger partial charge in [-0.25, -0.2) is 4.79 Å². The average Bonchev–Trinajstić information content (AvgIpc) is 2.55. The standard InChI is InChI=1S/C17H25N3O3/c1-12(11-14-5-3-4-6-15(14)23-2)19-17(22)20-9-7-13(8-10-20)16(18)21/h3-6,12-13H,7-11H2,1-2H3,(H2,18,21)(H,19,22)/t12-/m1/s1. The van der Waals surface area contributed by atoms with Gasteiger partial charge in [-0.3, -0.25) is 4.79 Å². The molecule has 0 unspecified atom stereocenters. The van der Waals surface area contributed by atoms with E-state index in [-0.39, 0.29) is 23.9 Å². The number of nitrogens with one attached hydrogen (secondary N) is 1. The number of benzene rings is 1. The first kappa shape index (κ1) is 17.1. The Kier molecular flexibility index (Phi) is 5.84. The highest BCUT2D eigenvalue weighted by Gasteiger charge is 2.26. The molecule has 6 nitrogen and oxygen atoms in total. The Morgan fingerprint density at radius 1 is 1.35 bits per heavy atom. The van der Waals surface area contributed by atoms with E-state index in [4.69, 9.17) is 10.5 Å². The summed E-state index contributed by atoms with van der Waals surface area (Å²) in [7, 11) is 1.64. The summed E-state index contributed by atoms with van der Waals surface area (Å²) >= 11 is 0. The third kappa shape index (κ3) is 4.61. The number of primary amides is 1. The van der Waals surface area contributed by atoms with Crippen LogP contribution >= 0.6 is 0 Å². The Hall–Kier alpha value is -2.24. The van der Waals surface area contributed by atoms with Crippen LogP contribution in [0.1, 0.15) is 25.3 Å². The molecule has 3 N–H and O–H groups in total. The quantitative estimate of drug-likeness (QED) is 0.863. The van der Waals surface area contributed by atoms with Crippen LogP contribution in [0.15, 0.2) is 24.3 Å². The average molecular weight is 319 g/mol. The smallest absolute Gasteiger partial charge is 0.317 e. The third-order valence-corrected chi connectivity index (χ3v) is 4.27. The van der Waals surface area contributed by atoms with Crippen LogP contribution in [0.2, 0.25) is 0 Å². The van der Waals surface area contributed by atoms with Crippen molar-refractivity contribution in [3.63, 3.8) is 0 Å². The van der Waals surface area contributed by atoms with Gasteiger partial charge in [0, 0.05) is 25.0 Å². The molecule has 1 fully saturated rings. The van der Waals surface area contributed by atoms with E-state index in [2.05, 4.69) is 5.32 Å². The Bertz CT molecular complexity index is 554. The number of nitrogens with zero attached hydrogens (tertiary/aromatic N) is 1. The highest BCUT2D eigenvalue weighted by atomic mass is 16.5. The lowest BCUT2D eigenvalue weighted by atomic mass is 9.96. The number of methoxy groups -OCH3 is 1. The van der Waals surface area contributed by atoms with Crippen LogP contribution in [-0.2, 0) is 11.2 Å². The summed E-state index contributed by atoms with van der Waals surface area (Å²) in [5, 5.41) is 3.01. The van der Waals surface area contributed by atoms with Gasteiger partial charge >= 0.3 is 6.03 Å². The third-order valence-electron chi connectivity index (χ3n) is 4.27. The van der Waals surface area contributed by atoms with Gasteiger partial charge in [0.25, 0.3) is 0 Å². The molecule has 126 valence electrons. The van der Waals surface area contributed by atoms with Crippen molar-refractivity contribution in [1.29, 1.82) is 0 Å². The first-order chi connectivity index (χ1) is 11.0. The van der Waals surface area contributed by atoms with Crippen LogP contribution in [0.25, 0.3) is 0 Å². The number of amides is 3. The van der Waals surface area contributed by atoms with Gasteiger partial charge in [0.05, 0.1) is 7.11 Å². The van der Waals surface area contributed by atoms with E-state index in [1.807, 2.05) is 31.2 Å². The molecule has 0 radical (unpaired) electrons. The zero-order valence-corrected chi connectivity index (χ0v) is 13.7. The van der Waals surface area contributed by atoms with Crippen molar-refractivity contribution in [2.24, 2.45) is 11.7 Å². The number of para-hydroxylation sites is 1. The number of carbonyl (C=O) groups excluding carboxylic acids is 2. The molecule has 0 spiro atoms.